The van der Waals surface area contributed by atoms with Crippen LogP contribution >= 0.6 is 0 Å². The van der Waals surface area contributed by atoms with Crippen LogP contribution in [0.15, 0.2) is 29.2 Å². The van der Waals surface area contributed by atoms with Gasteiger partial charge in [0.1, 0.15) is 0 Å². The van der Waals surface area contributed by atoms with Crippen LogP contribution < -0.4 is 0 Å². The predicted molar refractivity (Wildman–Crippen MR) is 70.9 cm³/mol. The van der Waals surface area contributed by atoms with E-state index < -0.39 is 9.84 Å². The molecule has 6 heteroatoms. The zero-order chi connectivity index (χ0) is 13.9. The van der Waals surface area contributed by atoms with E-state index in [4.69, 9.17) is 4.74 Å². The molecule has 0 aliphatic carbocycles. The molecular formula is C13H17NO4S. The lowest BCUT2D eigenvalue weighted by molar-refractivity contribution is 0.0300. The first-order chi connectivity index (χ1) is 9.06. The van der Waals surface area contributed by atoms with Gasteiger partial charge in [-0.25, -0.2) is 8.42 Å². The van der Waals surface area contributed by atoms with Gasteiger partial charge >= 0.3 is 0 Å². The van der Waals surface area contributed by atoms with Gasteiger partial charge in [-0.05, 0) is 12.1 Å². The number of ether oxygens (including phenoxy) is 1. The highest BCUT2D eigenvalue weighted by Gasteiger charge is 2.25. The van der Waals surface area contributed by atoms with Crippen LogP contribution in [-0.2, 0) is 14.6 Å². The Morgan fingerprint density at radius 2 is 1.89 bits per heavy atom. The highest BCUT2D eigenvalue weighted by Crippen LogP contribution is 2.19. The fourth-order valence-corrected chi connectivity index (χ4v) is 3.09. The summed E-state index contributed by atoms with van der Waals surface area (Å²) in [6.07, 6.45) is 0. The van der Waals surface area contributed by atoms with Crippen LogP contribution in [0.5, 0.6) is 0 Å². The van der Waals surface area contributed by atoms with Gasteiger partial charge in [-0.2, -0.15) is 0 Å². The molecule has 104 valence electrons. The number of carbonyl (C=O) groups is 1. The zero-order valence-corrected chi connectivity index (χ0v) is 11.6. The fourth-order valence-electron chi connectivity index (χ4n) is 2.01. The van der Waals surface area contributed by atoms with Crippen molar-refractivity contribution in [2.75, 3.05) is 32.1 Å². The van der Waals surface area contributed by atoms with Crippen LogP contribution in [0.2, 0.25) is 0 Å². The standard InChI is InChI=1S/C13H17NO4S/c1-2-19(16,17)12-6-4-3-5-11(12)13(15)14-7-9-18-10-8-14/h3-6H,2,7-10H2,1H3. The SMILES string of the molecule is CCS(=O)(=O)c1ccccc1C(=O)N1CCOCC1. The van der Waals surface area contributed by atoms with Crippen molar-refractivity contribution in [2.24, 2.45) is 0 Å². The van der Waals surface area contributed by atoms with Crippen molar-refractivity contribution in [2.45, 2.75) is 11.8 Å². The van der Waals surface area contributed by atoms with Crippen molar-refractivity contribution < 1.29 is 17.9 Å². The smallest absolute Gasteiger partial charge is 0.255 e. The van der Waals surface area contributed by atoms with E-state index in [1.54, 1.807) is 30.0 Å². The molecule has 0 bridgehead atoms. The lowest BCUT2D eigenvalue weighted by Gasteiger charge is -2.27. The van der Waals surface area contributed by atoms with E-state index in [2.05, 4.69) is 0 Å². The molecule has 1 amide bonds. The lowest BCUT2D eigenvalue weighted by atomic mass is 10.2. The van der Waals surface area contributed by atoms with Gasteiger partial charge in [-0.1, -0.05) is 19.1 Å². The number of sulfone groups is 1. The second-order valence-corrected chi connectivity index (χ2v) is 6.55. The van der Waals surface area contributed by atoms with Crippen molar-refractivity contribution >= 4 is 15.7 Å². The van der Waals surface area contributed by atoms with E-state index in [9.17, 15) is 13.2 Å². The molecular weight excluding hydrogens is 266 g/mol. The quantitative estimate of drug-likeness (QED) is 0.828. The average Bonchev–Trinajstić information content (AvgIpc) is 2.47. The van der Waals surface area contributed by atoms with Crippen LogP contribution in [0, 0.1) is 0 Å². The zero-order valence-electron chi connectivity index (χ0n) is 10.8. The normalized spacial score (nSPS) is 16.4. The number of rotatable bonds is 3. The fraction of sp³-hybridized carbons (Fsp3) is 0.462. The summed E-state index contributed by atoms with van der Waals surface area (Å²) in [6, 6.07) is 6.38. The Labute approximate surface area is 113 Å². The molecule has 1 aromatic rings. The van der Waals surface area contributed by atoms with Gasteiger partial charge in [0.15, 0.2) is 9.84 Å². The van der Waals surface area contributed by atoms with Crippen molar-refractivity contribution in [3.8, 4) is 0 Å². The molecule has 2 rings (SSSR count). The summed E-state index contributed by atoms with van der Waals surface area (Å²) in [4.78, 5) is 14.1. The number of benzene rings is 1. The highest BCUT2D eigenvalue weighted by atomic mass is 32.2. The average molecular weight is 283 g/mol. The number of nitrogens with zero attached hydrogens (tertiary/aromatic N) is 1. The predicted octanol–water partition coefficient (Wildman–Crippen LogP) is 0.953. The Bertz CT molecular complexity index is 562. The van der Waals surface area contributed by atoms with E-state index in [0.29, 0.717) is 26.3 Å². The molecule has 19 heavy (non-hydrogen) atoms. The molecule has 1 aromatic carbocycles. The van der Waals surface area contributed by atoms with Crippen LogP contribution in [0.1, 0.15) is 17.3 Å². The van der Waals surface area contributed by atoms with Crippen molar-refractivity contribution in [1.29, 1.82) is 0 Å². The molecule has 0 atom stereocenters. The Balaban J connectivity index is 2.37. The first-order valence-electron chi connectivity index (χ1n) is 6.25. The summed E-state index contributed by atoms with van der Waals surface area (Å²) in [7, 11) is -3.39. The molecule has 1 heterocycles. The Morgan fingerprint density at radius 3 is 2.53 bits per heavy atom. The van der Waals surface area contributed by atoms with Crippen molar-refractivity contribution in [3.05, 3.63) is 29.8 Å². The van der Waals surface area contributed by atoms with Crippen LogP contribution in [0.3, 0.4) is 0 Å². The van der Waals surface area contributed by atoms with Crippen LogP contribution in [0.4, 0.5) is 0 Å². The molecule has 0 spiro atoms. The van der Waals surface area contributed by atoms with Gasteiger partial charge < -0.3 is 9.64 Å². The summed E-state index contributed by atoms with van der Waals surface area (Å²) in [5.74, 6) is -0.253. The molecule has 1 fully saturated rings. The van der Waals surface area contributed by atoms with Gasteiger partial charge in [0.2, 0.25) is 0 Å². The minimum Gasteiger partial charge on any atom is -0.378 e. The molecule has 0 saturated carbocycles. The van der Waals surface area contributed by atoms with Crippen LogP contribution in [-0.4, -0.2) is 51.3 Å². The summed E-state index contributed by atoms with van der Waals surface area (Å²) in [5.41, 5.74) is 0.256. The maximum atomic E-state index is 12.4. The van der Waals surface area contributed by atoms with Crippen LogP contribution in [0.25, 0.3) is 0 Å². The molecule has 1 aliphatic heterocycles. The summed E-state index contributed by atoms with van der Waals surface area (Å²) >= 11 is 0. The largest absolute Gasteiger partial charge is 0.378 e. The second-order valence-electron chi connectivity index (χ2n) is 4.30. The van der Waals surface area contributed by atoms with Gasteiger partial charge in [0.05, 0.1) is 29.4 Å². The van der Waals surface area contributed by atoms with Gasteiger partial charge in [0.25, 0.3) is 5.91 Å². The third-order valence-corrected chi connectivity index (χ3v) is 4.92. The van der Waals surface area contributed by atoms with Crippen molar-refractivity contribution in [3.63, 3.8) is 0 Å². The van der Waals surface area contributed by atoms with Gasteiger partial charge in [-0.15, -0.1) is 0 Å². The lowest BCUT2D eigenvalue weighted by Crippen LogP contribution is -2.41. The molecule has 5 nitrogen and oxygen atoms in total. The summed E-state index contributed by atoms with van der Waals surface area (Å²) in [5, 5.41) is 0. The summed E-state index contributed by atoms with van der Waals surface area (Å²) < 4.78 is 29.2. The summed E-state index contributed by atoms with van der Waals surface area (Å²) in [6.45, 7) is 3.56. The maximum absolute atomic E-state index is 12.4. The number of carbonyl (C=O) groups excluding carboxylic acids is 1. The first-order valence-corrected chi connectivity index (χ1v) is 7.90. The maximum Gasteiger partial charge on any atom is 0.255 e. The number of amides is 1. The van der Waals surface area contributed by atoms with E-state index in [1.807, 2.05) is 0 Å². The Kier molecular flexibility index (Phi) is 4.21. The molecule has 0 aromatic heterocycles. The Hall–Kier alpha value is -1.40. The van der Waals surface area contributed by atoms with E-state index in [0.717, 1.165) is 0 Å². The molecule has 1 aliphatic rings. The monoisotopic (exact) mass is 283 g/mol. The topological polar surface area (TPSA) is 63.7 Å². The van der Waals surface area contributed by atoms with Crippen molar-refractivity contribution in [1.82, 2.24) is 4.90 Å². The molecule has 0 radical (unpaired) electrons. The van der Waals surface area contributed by atoms with Gasteiger partial charge in [-0.3, -0.25) is 4.79 Å². The Morgan fingerprint density at radius 1 is 1.26 bits per heavy atom. The number of hydrogen-bond donors (Lipinski definition) is 0. The molecule has 0 unspecified atom stereocenters. The van der Waals surface area contributed by atoms with E-state index in [-0.39, 0.29) is 22.1 Å². The second kappa shape index (κ2) is 5.71. The third kappa shape index (κ3) is 2.96. The molecule has 1 saturated heterocycles. The minimum absolute atomic E-state index is 0.0135. The van der Waals surface area contributed by atoms with E-state index in [1.165, 1.54) is 6.07 Å². The number of hydrogen-bond acceptors (Lipinski definition) is 4. The first kappa shape index (κ1) is 14.0. The third-order valence-electron chi connectivity index (χ3n) is 3.13. The number of morpholine rings is 1. The van der Waals surface area contributed by atoms with Gasteiger partial charge in [0, 0.05) is 13.1 Å². The highest BCUT2D eigenvalue weighted by molar-refractivity contribution is 7.91. The molecule has 0 N–H and O–H groups in total. The van der Waals surface area contributed by atoms with E-state index >= 15 is 0 Å². The minimum atomic E-state index is -3.39.